The van der Waals surface area contributed by atoms with Gasteiger partial charge in [0.1, 0.15) is 6.61 Å². The molecule has 73 valence electrons. The maximum Gasteiger partial charge on any atom is 0.327 e. The predicted molar refractivity (Wildman–Crippen MR) is 52.7 cm³/mol. The highest BCUT2D eigenvalue weighted by Gasteiger charge is 2.20. The lowest BCUT2D eigenvalue weighted by Crippen LogP contribution is -1.91. The van der Waals surface area contributed by atoms with Crippen molar-refractivity contribution in [3.63, 3.8) is 0 Å². The van der Waals surface area contributed by atoms with Crippen LogP contribution in [0.1, 0.15) is 18.4 Å². The summed E-state index contributed by atoms with van der Waals surface area (Å²) in [7, 11) is 0. The third kappa shape index (κ3) is 2.80. The van der Waals surface area contributed by atoms with E-state index in [9.17, 15) is 5.11 Å². The largest absolute Gasteiger partial charge is 0.458 e. The Kier molecular flexibility index (Phi) is 2.73. The van der Waals surface area contributed by atoms with Crippen LogP contribution in [-0.4, -0.2) is 0 Å². The van der Waals surface area contributed by atoms with Gasteiger partial charge in [-0.2, -0.15) is 0 Å². The summed E-state index contributed by atoms with van der Waals surface area (Å²) >= 11 is 0. The zero-order valence-electron chi connectivity index (χ0n) is 7.98. The second-order valence-electron chi connectivity index (χ2n) is 3.60. The highest BCUT2D eigenvalue weighted by molar-refractivity contribution is 5.13. The fourth-order valence-electron chi connectivity index (χ4n) is 1.23. The van der Waals surface area contributed by atoms with E-state index >= 15 is 0 Å². The quantitative estimate of drug-likeness (QED) is 0.669. The van der Waals surface area contributed by atoms with Gasteiger partial charge in [0.25, 0.3) is 0 Å². The van der Waals surface area contributed by atoms with Crippen molar-refractivity contribution < 1.29 is 9.84 Å². The summed E-state index contributed by atoms with van der Waals surface area (Å²) in [6.45, 7) is 0.378. The summed E-state index contributed by atoms with van der Waals surface area (Å²) in [6.07, 6.45) is 3.96. The molecule has 1 saturated carbocycles. The summed E-state index contributed by atoms with van der Waals surface area (Å²) in [5.41, 5.74) is 1.03. The molecule has 0 N–H and O–H groups in total. The van der Waals surface area contributed by atoms with Gasteiger partial charge in [-0.05, 0) is 24.3 Å². The van der Waals surface area contributed by atoms with Crippen molar-refractivity contribution in [1.29, 1.82) is 0 Å². The fraction of sp³-hybridized carbons (Fsp3) is 0.333. The van der Waals surface area contributed by atoms with E-state index in [1.165, 1.54) is 0 Å². The Bertz CT molecular complexity index is 312. The van der Waals surface area contributed by atoms with Crippen molar-refractivity contribution in [3.8, 4) is 0 Å². The molecule has 0 spiro atoms. The molecule has 0 bridgehead atoms. The average Bonchev–Trinajstić information content (AvgIpc) is 3.00. The van der Waals surface area contributed by atoms with Crippen LogP contribution in [0.15, 0.2) is 42.4 Å². The van der Waals surface area contributed by atoms with Gasteiger partial charge in [0.05, 0.1) is 0 Å². The summed E-state index contributed by atoms with van der Waals surface area (Å²) in [5.74, 6) is 0.301. The average molecular weight is 189 g/mol. The molecule has 1 aliphatic rings. The number of allylic oxidation sites excluding steroid dienone is 1. The van der Waals surface area contributed by atoms with Crippen LogP contribution in [0.2, 0.25) is 0 Å². The zero-order chi connectivity index (χ0) is 9.80. The summed E-state index contributed by atoms with van der Waals surface area (Å²) in [4.78, 5) is 0. The van der Waals surface area contributed by atoms with Crippen molar-refractivity contribution in [2.24, 2.45) is 5.92 Å². The molecule has 1 aromatic carbocycles. The Hall–Kier alpha value is -1.44. The molecule has 0 atom stereocenters. The van der Waals surface area contributed by atoms with Crippen LogP contribution in [0.25, 0.3) is 0 Å². The monoisotopic (exact) mass is 189 g/mol. The molecule has 0 heterocycles. The second-order valence-corrected chi connectivity index (χ2v) is 3.60. The topological polar surface area (TPSA) is 29.1 Å². The van der Waals surface area contributed by atoms with Gasteiger partial charge >= 0.3 is 5.95 Å². The number of hydrogen-bond acceptors (Lipinski definition) is 1. The van der Waals surface area contributed by atoms with Gasteiger partial charge < -0.3 is 4.74 Å². The molecular weight excluding hydrogens is 176 g/mol. The van der Waals surface area contributed by atoms with Crippen LogP contribution < -0.4 is 0 Å². The van der Waals surface area contributed by atoms with E-state index in [4.69, 9.17) is 4.74 Å². The predicted octanol–water partition coefficient (Wildman–Crippen LogP) is 2.89. The van der Waals surface area contributed by atoms with Crippen LogP contribution in [0.4, 0.5) is 0 Å². The highest BCUT2D eigenvalue weighted by atomic mass is 16.6. The fourth-order valence-corrected chi connectivity index (χ4v) is 1.23. The van der Waals surface area contributed by atoms with Gasteiger partial charge in [-0.15, -0.1) is 0 Å². The molecule has 2 nitrogen and oxygen atoms in total. The number of ether oxygens (including phenoxy) is 1. The van der Waals surface area contributed by atoms with Crippen LogP contribution in [0.5, 0.6) is 0 Å². The van der Waals surface area contributed by atoms with Gasteiger partial charge in [0.2, 0.25) is 0 Å². The van der Waals surface area contributed by atoms with Crippen molar-refractivity contribution in [3.05, 3.63) is 47.9 Å². The zero-order valence-corrected chi connectivity index (χ0v) is 7.98. The summed E-state index contributed by atoms with van der Waals surface area (Å²) in [6, 6.07) is 9.72. The van der Waals surface area contributed by atoms with Crippen molar-refractivity contribution in [2.75, 3.05) is 0 Å². The van der Waals surface area contributed by atoms with E-state index in [1.54, 1.807) is 6.08 Å². The minimum absolute atomic E-state index is 0.184. The van der Waals surface area contributed by atoms with Gasteiger partial charge in [0.15, 0.2) is 0 Å². The maximum absolute atomic E-state index is 11.2. The van der Waals surface area contributed by atoms with Gasteiger partial charge in [-0.3, -0.25) is 0 Å². The van der Waals surface area contributed by atoms with E-state index in [0.29, 0.717) is 12.5 Å². The van der Waals surface area contributed by atoms with E-state index in [-0.39, 0.29) is 5.95 Å². The smallest absolute Gasteiger partial charge is 0.327 e. The Labute approximate surface area is 83.8 Å². The van der Waals surface area contributed by atoms with E-state index in [2.05, 4.69) is 0 Å². The first kappa shape index (κ1) is 9.13. The molecule has 0 aliphatic heterocycles. The van der Waals surface area contributed by atoms with Crippen molar-refractivity contribution >= 4 is 0 Å². The SMILES string of the molecule is [O]C(=CC1CC1)OCc1ccccc1. The molecule has 2 heteroatoms. The third-order valence-electron chi connectivity index (χ3n) is 2.22. The minimum Gasteiger partial charge on any atom is -0.458 e. The Morgan fingerprint density at radius 1 is 1.36 bits per heavy atom. The molecule has 0 saturated heterocycles. The molecule has 0 unspecified atom stereocenters. The molecular formula is C12H13O2. The van der Waals surface area contributed by atoms with E-state index in [1.807, 2.05) is 30.3 Å². The molecule has 0 amide bonds. The highest BCUT2D eigenvalue weighted by Crippen LogP contribution is 2.31. The van der Waals surface area contributed by atoms with Crippen LogP contribution in [0.3, 0.4) is 0 Å². The van der Waals surface area contributed by atoms with Gasteiger partial charge in [-0.1, -0.05) is 30.3 Å². The van der Waals surface area contributed by atoms with Gasteiger partial charge in [-0.25, -0.2) is 5.11 Å². The summed E-state index contributed by atoms with van der Waals surface area (Å²) in [5, 5.41) is 11.2. The maximum atomic E-state index is 11.2. The van der Waals surface area contributed by atoms with Crippen molar-refractivity contribution in [2.45, 2.75) is 19.4 Å². The molecule has 1 aromatic rings. The van der Waals surface area contributed by atoms with Crippen molar-refractivity contribution in [1.82, 2.24) is 0 Å². The summed E-state index contributed by atoms with van der Waals surface area (Å²) < 4.78 is 5.08. The van der Waals surface area contributed by atoms with E-state index < -0.39 is 0 Å². The van der Waals surface area contributed by atoms with Gasteiger partial charge in [0, 0.05) is 6.08 Å². The first-order valence-electron chi connectivity index (χ1n) is 4.90. The number of rotatable bonds is 4. The Morgan fingerprint density at radius 2 is 2.07 bits per heavy atom. The molecule has 14 heavy (non-hydrogen) atoms. The number of benzene rings is 1. The normalized spacial score (nSPS) is 16.7. The van der Waals surface area contributed by atoms with E-state index in [0.717, 1.165) is 18.4 Å². The molecule has 1 aliphatic carbocycles. The molecule has 1 radical (unpaired) electrons. The van der Waals surface area contributed by atoms with Crippen LogP contribution in [0, 0.1) is 5.92 Å². The van der Waals surface area contributed by atoms with Crippen LogP contribution in [-0.2, 0) is 16.5 Å². The second kappa shape index (κ2) is 4.18. The third-order valence-corrected chi connectivity index (χ3v) is 2.22. The first-order valence-corrected chi connectivity index (χ1v) is 4.90. The standard InChI is InChI=1S/C12H13O2/c13-12(8-10-6-7-10)14-9-11-4-2-1-3-5-11/h1-5,8,10H,6-7,9H2. The lowest BCUT2D eigenvalue weighted by molar-refractivity contribution is 0.0423. The first-order chi connectivity index (χ1) is 6.84. The molecule has 1 fully saturated rings. The molecule has 0 aromatic heterocycles. The minimum atomic E-state index is -0.184. The van der Waals surface area contributed by atoms with Crippen LogP contribution >= 0.6 is 0 Å². The molecule has 2 rings (SSSR count). The number of hydrogen-bond donors (Lipinski definition) is 0. The Morgan fingerprint density at radius 3 is 2.71 bits per heavy atom. The lowest BCUT2D eigenvalue weighted by atomic mass is 10.2. The Balaban J connectivity index is 1.82. The lowest BCUT2D eigenvalue weighted by Gasteiger charge is -2.01.